The Morgan fingerprint density at radius 1 is 1.29 bits per heavy atom. The van der Waals surface area contributed by atoms with Gasteiger partial charge in [-0.25, -0.2) is 0 Å². The van der Waals surface area contributed by atoms with Gasteiger partial charge >= 0.3 is 0 Å². The topological polar surface area (TPSA) is 49.5 Å². The largest absolute Gasteiger partial charge is 0.508 e. The van der Waals surface area contributed by atoms with Crippen molar-refractivity contribution in [2.24, 2.45) is 5.73 Å². The molecule has 3 heteroatoms. The standard InChI is InChI=1S/C11H18N2O/c1-11(2,12)9-7-8(13(3)4)5-6-10(9)14/h5-7,14H,12H2,1-4H3. The van der Waals surface area contributed by atoms with Gasteiger partial charge < -0.3 is 15.7 Å². The molecule has 0 bridgehead atoms. The van der Waals surface area contributed by atoms with Crippen LogP contribution in [0.15, 0.2) is 18.2 Å². The van der Waals surface area contributed by atoms with Crippen molar-refractivity contribution in [1.82, 2.24) is 0 Å². The predicted octanol–water partition coefficient (Wildman–Crippen LogP) is 1.65. The van der Waals surface area contributed by atoms with E-state index in [4.69, 9.17) is 5.73 Å². The third-order valence-corrected chi connectivity index (χ3v) is 2.19. The summed E-state index contributed by atoms with van der Waals surface area (Å²) in [5, 5.41) is 9.65. The molecule has 0 saturated carbocycles. The smallest absolute Gasteiger partial charge is 0.120 e. The maximum atomic E-state index is 9.65. The Balaban J connectivity index is 3.22. The molecule has 3 nitrogen and oxygen atoms in total. The lowest BCUT2D eigenvalue weighted by Crippen LogP contribution is -2.29. The molecule has 0 amide bonds. The molecular formula is C11H18N2O. The number of phenolic OH excluding ortho intramolecular Hbond substituents is 1. The molecule has 0 fully saturated rings. The minimum Gasteiger partial charge on any atom is -0.508 e. The maximum Gasteiger partial charge on any atom is 0.120 e. The van der Waals surface area contributed by atoms with Crippen molar-refractivity contribution in [3.05, 3.63) is 23.8 Å². The monoisotopic (exact) mass is 194 g/mol. The van der Waals surface area contributed by atoms with E-state index in [0.29, 0.717) is 0 Å². The van der Waals surface area contributed by atoms with Crippen LogP contribution in [-0.4, -0.2) is 19.2 Å². The highest BCUT2D eigenvalue weighted by Crippen LogP contribution is 2.30. The van der Waals surface area contributed by atoms with Gasteiger partial charge in [0.05, 0.1) is 0 Å². The van der Waals surface area contributed by atoms with E-state index in [1.54, 1.807) is 6.07 Å². The highest BCUT2D eigenvalue weighted by atomic mass is 16.3. The van der Waals surface area contributed by atoms with Crippen LogP contribution in [-0.2, 0) is 5.54 Å². The third-order valence-electron chi connectivity index (χ3n) is 2.19. The molecule has 0 aliphatic carbocycles. The van der Waals surface area contributed by atoms with E-state index >= 15 is 0 Å². The molecule has 0 unspecified atom stereocenters. The summed E-state index contributed by atoms with van der Waals surface area (Å²) < 4.78 is 0. The van der Waals surface area contributed by atoms with Gasteiger partial charge in [-0.15, -0.1) is 0 Å². The highest BCUT2D eigenvalue weighted by Gasteiger charge is 2.18. The molecular weight excluding hydrogens is 176 g/mol. The van der Waals surface area contributed by atoms with Crippen LogP contribution in [0.5, 0.6) is 5.75 Å². The first kappa shape index (κ1) is 10.9. The van der Waals surface area contributed by atoms with E-state index in [0.717, 1.165) is 11.3 Å². The van der Waals surface area contributed by atoms with Crippen LogP contribution in [0.1, 0.15) is 19.4 Å². The molecule has 0 saturated heterocycles. The maximum absolute atomic E-state index is 9.65. The molecule has 14 heavy (non-hydrogen) atoms. The molecule has 0 aromatic heterocycles. The van der Waals surface area contributed by atoms with Gasteiger partial charge in [-0.2, -0.15) is 0 Å². The second-order valence-electron chi connectivity index (χ2n) is 4.32. The Labute approximate surface area is 85.2 Å². The number of phenols is 1. The van der Waals surface area contributed by atoms with Crippen LogP contribution < -0.4 is 10.6 Å². The molecule has 0 atom stereocenters. The first-order valence-corrected chi connectivity index (χ1v) is 4.62. The summed E-state index contributed by atoms with van der Waals surface area (Å²) in [4.78, 5) is 1.98. The number of nitrogens with zero attached hydrogens (tertiary/aromatic N) is 1. The summed E-state index contributed by atoms with van der Waals surface area (Å²) in [7, 11) is 3.92. The van der Waals surface area contributed by atoms with Crippen LogP contribution in [0.4, 0.5) is 5.69 Å². The van der Waals surface area contributed by atoms with Crippen LogP contribution in [0, 0.1) is 0 Å². The first-order valence-electron chi connectivity index (χ1n) is 4.62. The van der Waals surface area contributed by atoms with Crippen LogP contribution in [0.25, 0.3) is 0 Å². The highest BCUT2D eigenvalue weighted by molar-refractivity contribution is 5.53. The minimum absolute atomic E-state index is 0.253. The van der Waals surface area contributed by atoms with E-state index in [1.807, 2.05) is 45.0 Å². The third kappa shape index (κ3) is 2.17. The normalized spacial score (nSPS) is 11.5. The van der Waals surface area contributed by atoms with E-state index in [9.17, 15) is 5.11 Å². The van der Waals surface area contributed by atoms with Gasteiger partial charge in [-0.3, -0.25) is 0 Å². The lowest BCUT2D eigenvalue weighted by molar-refractivity contribution is 0.440. The number of hydrogen-bond acceptors (Lipinski definition) is 3. The van der Waals surface area contributed by atoms with Crippen molar-refractivity contribution in [1.29, 1.82) is 0 Å². The zero-order valence-corrected chi connectivity index (χ0v) is 9.20. The van der Waals surface area contributed by atoms with Crippen LogP contribution in [0.2, 0.25) is 0 Å². The van der Waals surface area contributed by atoms with E-state index in [1.165, 1.54) is 0 Å². The molecule has 0 radical (unpaired) electrons. The molecule has 0 spiro atoms. The second-order valence-corrected chi connectivity index (χ2v) is 4.32. The summed E-state index contributed by atoms with van der Waals surface area (Å²) in [6, 6.07) is 5.46. The van der Waals surface area contributed by atoms with Crippen LogP contribution in [0.3, 0.4) is 0 Å². The number of benzene rings is 1. The van der Waals surface area contributed by atoms with Crippen molar-refractivity contribution in [2.45, 2.75) is 19.4 Å². The van der Waals surface area contributed by atoms with Crippen molar-refractivity contribution in [2.75, 3.05) is 19.0 Å². The van der Waals surface area contributed by atoms with Gasteiger partial charge in [-0.05, 0) is 32.0 Å². The number of rotatable bonds is 2. The Bertz CT molecular complexity index is 327. The summed E-state index contributed by atoms with van der Waals surface area (Å²) in [6.07, 6.45) is 0. The molecule has 1 rings (SSSR count). The molecule has 78 valence electrons. The van der Waals surface area contributed by atoms with Crippen molar-refractivity contribution >= 4 is 5.69 Å². The summed E-state index contributed by atoms with van der Waals surface area (Å²) in [5.41, 5.74) is 7.24. The molecule has 1 aromatic carbocycles. The molecule has 0 aliphatic heterocycles. The predicted molar refractivity (Wildman–Crippen MR) is 59.6 cm³/mol. The van der Waals surface area contributed by atoms with Gasteiger partial charge in [0.15, 0.2) is 0 Å². The lowest BCUT2D eigenvalue weighted by Gasteiger charge is -2.23. The van der Waals surface area contributed by atoms with Gasteiger partial charge in [0.25, 0.3) is 0 Å². The zero-order chi connectivity index (χ0) is 10.9. The van der Waals surface area contributed by atoms with Gasteiger partial charge in [0.2, 0.25) is 0 Å². The van der Waals surface area contributed by atoms with E-state index in [-0.39, 0.29) is 5.75 Å². The zero-order valence-electron chi connectivity index (χ0n) is 9.20. The van der Waals surface area contributed by atoms with Gasteiger partial charge in [0.1, 0.15) is 5.75 Å². The number of anilines is 1. The molecule has 1 aromatic rings. The van der Waals surface area contributed by atoms with Crippen molar-refractivity contribution in [3.8, 4) is 5.75 Å². The number of aromatic hydroxyl groups is 1. The summed E-state index contributed by atoms with van der Waals surface area (Å²) in [5.74, 6) is 0.253. The Morgan fingerprint density at radius 3 is 2.29 bits per heavy atom. The Morgan fingerprint density at radius 2 is 1.86 bits per heavy atom. The average Bonchev–Trinajstić information content (AvgIpc) is 2.02. The minimum atomic E-state index is -0.518. The molecule has 0 aliphatic rings. The second kappa shape index (κ2) is 3.50. The fourth-order valence-electron chi connectivity index (χ4n) is 1.32. The van der Waals surface area contributed by atoms with Gasteiger partial charge in [-0.1, -0.05) is 0 Å². The molecule has 3 N–H and O–H groups in total. The van der Waals surface area contributed by atoms with Crippen molar-refractivity contribution in [3.63, 3.8) is 0 Å². The SMILES string of the molecule is CN(C)c1ccc(O)c(C(C)(C)N)c1. The Hall–Kier alpha value is -1.22. The fraction of sp³-hybridized carbons (Fsp3) is 0.455. The summed E-state index contributed by atoms with van der Waals surface area (Å²) >= 11 is 0. The summed E-state index contributed by atoms with van der Waals surface area (Å²) in [6.45, 7) is 3.75. The number of nitrogens with two attached hydrogens (primary N) is 1. The van der Waals surface area contributed by atoms with E-state index < -0.39 is 5.54 Å². The van der Waals surface area contributed by atoms with Crippen molar-refractivity contribution < 1.29 is 5.11 Å². The molecule has 0 heterocycles. The van der Waals surface area contributed by atoms with E-state index in [2.05, 4.69) is 0 Å². The van der Waals surface area contributed by atoms with Gasteiger partial charge in [0, 0.05) is 30.9 Å². The average molecular weight is 194 g/mol. The quantitative estimate of drug-likeness (QED) is 0.752. The van der Waals surface area contributed by atoms with Crippen LogP contribution >= 0.6 is 0 Å². The first-order chi connectivity index (χ1) is 6.32. The fourth-order valence-corrected chi connectivity index (χ4v) is 1.32. The lowest BCUT2D eigenvalue weighted by atomic mass is 9.94. The number of hydrogen-bond donors (Lipinski definition) is 2. The Kier molecular flexibility index (Phi) is 2.71.